The van der Waals surface area contributed by atoms with E-state index in [4.69, 9.17) is 4.74 Å². The molecular formula is C13H18FN5O2. The van der Waals surface area contributed by atoms with Gasteiger partial charge in [0, 0.05) is 26.7 Å². The molecule has 0 aliphatic carbocycles. The van der Waals surface area contributed by atoms with Crippen molar-refractivity contribution in [3.05, 3.63) is 18.2 Å². The summed E-state index contributed by atoms with van der Waals surface area (Å²) in [6.07, 6.45) is 3.15. The van der Waals surface area contributed by atoms with Crippen molar-refractivity contribution in [1.29, 1.82) is 0 Å². The van der Waals surface area contributed by atoms with Gasteiger partial charge < -0.3 is 19.9 Å². The molecule has 0 aromatic carbocycles. The summed E-state index contributed by atoms with van der Waals surface area (Å²) in [5.41, 5.74) is 0. The number of fused-ring (bicyclic) bond motifs is 1. The Bertz CT molecular complexity index is 512. The van der Waals surface area contributed by atoms with Gasteiger partial charge in [0.25, 0.3) is 0 Å². The molecule has 0 bridgehead atoms. The Morgan fingerprint density at radius 2 is 2.24 bits per heavy atom. The molecule has 114 valence electrons. The molecule has 3 heterocycles. The van der Waals surface area contributed by atoms with Crippen LogP contribution in [0.5, 0.6) is 0 Å². The number of carbonyl (C=O) groups is 1. The Labute approximate surface area is 122 Å². The number of halogens is 1. The fourth-order valence-electron chi connectivity index (χ4n) is 2.95. The van der Waals surface area contributed by atoms with Gasteiger partial charge in [-0.3, -0.25) is 0 Å². The topological polar surface area (TPSA) is 70.6 Å². The number of hydrogen-bond acceptors (Lipinski definition) is 5. The zero-order valence-corrected chi connectivity index (χ0v) is 11.8. The van der Waals surface area contributed by atoms with Crippen molar-refractivity contribution in [3.63, 3.8) is 0 Å². The summed E-state index contributed by atoms with van der Waals surface area (Å²) in [6, 6.07) is 0.157. The number of carbonyl (C=O) groups excluding carboxylic acids is 1. The standard InChI is InChI=1S/C13H18FN5O2/c1-21-5-4-19-11-2-3-18(8-10(11)17-13(19)20)12-15-6-9(14)7-16-12/h6-7,10-11H,2-5,8H2,1H3,(H,17,20)/t10-,11+/m1/s1. The summed E-state index contributed by atoms with van der Waals surface area (Å²) in [6.45, 7) is 2.49. The molecule has 0 radical (unpaired) electrons. The molecular weight excluding hydrogens is 277 g/mol. The molecule has 2 amide bonds. The van der Waals surface area contributed by atoms with E-state index in [0.717, 1.165) is 25.4 Å². The lowest BCUT2D eigenvalue weighted by Gasteiger charge is -2.36. The molecule has 0 spiro atoms. The molecule has 2 aliphatic rings. The number of hydrogen-bond donors (Lipinski definition) is 1. The predicted molar refractivity (Wildman–Crippen MR) is 73.5 cm³/mol. The van der Waals surface area contributed by atoms with Crippen molar-refractivity contribution < 1.29 is 13.9 Å². The maximum Gasteiger partial charge on any atom is 0.318 e. The molecule has 1 aromatic rings. The molecule has 2 aliphatic heterocycles. The summed E-state index contributed by atoms with van der Waals surface area (Å²) >= 11 is 0. The average Bonchev–Trinajstić information content (AvgIpc) is 2.80. The number of piperidine rings is 1. The Hall–Kier alpha value is -1.96. The highest BCUT2D eigenvalue weighted by molar-refractivity contribution is 5.78. The summed E-state index contributed by atoms with van der Waals surface area (Å²) < 4.78 is 17.9. The number of methoxy groups -OCH3 is 1. The van der Waals surface area contributed by atoms with Crippen LogP contribution in [0, 0.1) is 5.82 Å². The van der Waals surface area contributed by atoms with Gasteiger partial charge >= 0.3 is 6.03 Å². The molecule has 2 fully saturated rings. The van der Waals surface area contributed by atoms with Gasteiger partial charge in [-0.25, -0.2) is 19.2 Å². The van der Waals surface area contributed by atoms with Crippen molar-refractivity contribution in [1.82, 2.24) is 20.2 Å². The maximum absolute atomic E-state index is 12.9. The van der Waals surface area contributed by atoms with Gasteiger partial charge in [0.1, 0.15) is 0 Å². The Morgan fingerprint density at radius 1 is 1.48 bits per heavy atom. The fourth-order valence-corrected chi connectivity index (χ4v) is 2.95. The monoisotopic (exact) mass is 295 g/mol. The number of aromatic nitrogens is 2. The van der Waals surface area contributed by atoms with E-state index in [-0.39, 0.29) is 18.1 Å². The second kappa shape index (κ2) is 5.80. The zero-order valence-electron chi connectivity index (χ0n) is 11.8. The van der Waals surface area contributed by atoms with E-state index in [1.165, 1.54) is 0 Å². The van der Waals surface area contributed by atoms with E-state index in [2.05, 4.69) is 15.3 Å². The molecule has 0 saturated carbocycles. The van der Waals surface area contributed by atoms with Crippen LogP contribution in [0.4, 0.5) is 15.1 Å². The first-order valence-electron chi connectivity index (χ1n) is 6.97. The van der Waals surface area contributed by atoms with Crippen LogP contribution in [0.2, 0.25) is 0 Å². The molecule has 0 unspecified atom stereocenters. The minimum Gasteiger partial charge on any atom is -0.383 e. The molecule has 21 heavy (non-hydrogen) atoms. The van der Waals surface area contributed by atoms with Gasteiger partial charge in [0.2, 0.25) is 5.95 Å². The number of urea groups is 1. The van der Waals surface area contributed by atoms with E-state index in [9.17, 15) is 9.18 Å². The number of anilines is 1. The highest BCUT2D eigenvalue weighted by Gasteiger charge is 2.42. The number of rotatable bonds is 4. The minimum absolute atomic E-state index is 0.0387. The SMILES string of the molecule is COCCN1C(=O)N[C@@H]2CN(c3ncc(F)cn3)CC[C@@H]21. The normalized spacial score (nSPS) is 25.0. The highest BCUT2D eigenvalue weighted by Crippen LogP contribution is 2.24. The van der Waals surface area contributed by atoms with E-state index in [1.54, 1.807) is 7.11 Å². The van der Waals surface area contributed by atoms with E-state index >= 15 is 0 Å². The van der Waals surface area contributed by atoms with Crippen LogP contribution in [0.3, 0.4) is 0 Å². The average molecular weight is 295 g/mol. The van der Waals surface area contributed by atoms with Crippen molar-refractivity contribution in [2.45, 2.75) is 18.5 Å². The van der Waals surface area contributed by atoms with E-state index < -0.39 is 5.82 Å². The van der Waals surface area contributed by atoms with Gasteiger partial charge in [0.15, 0.2) is 5.82 Å². The first-order chi connectivity index (χ1) is 10.2. The number of nitrogens with one attached hydrogen (secondary N) is 1. The van der Waals surface area contributed by atoms with Crippen LogP contribution < -0.4 is 10.2 Å². The predicted octanol–water partition coefficient (Wildman–Crippen LogP) is 0.235. The van der Waals surface area contributed by atoms with Crippen LogP contribution in [0.1, 0.15) is 6.42 Å². The molecule has 1 N–H and O–H groups in total. The third kappa shape index (κ3) is 2.76. The lowest BCUT2D eigenvalue weighted by atomic mass is 10.0. The summed E-state index contributed by atoms with van der Waals surface area (Å²) in [4.78, 5) is 23.8. The molecule has 3 rings (SSSR count). The number of ether oxygens (including phenoxy) is 1. The third-order valence-corrected chi connectivity index (χ3v) is 3.97. The summed E-state index contributed by atoms with van der Waals surface area (Å²) in [7, 11) is 1.62. The number of nitrogens with zero attached hydrogens (tertiary/aromatic N) is 4. The second-order valence-electron chi connectivity index (χ2n) is 5.25. The Kier molecular flexibility index (Phi) is 3.87. The van der Waals surface area contributed by atoms with Crippen molar-refractivity contribution in [3.8, 4) is 0 Å². The van der Waals surface area contributed by atoms with Crippen LogP contribution in [0.15, 0.2) is 12.4 Å². The van der Waals surface area contributed by atoms with Gasteiger partial charge in [-0.15, -0.1) is 0 Å². The van der Waals surface area contributed by atoms with Gasteiger partial charge in [-0.1, -0.05) is 0 Å². The molecule has 1 aromatic heterocycles. The van der Waals surface area contributed by atoms with Gasteiger partial charge in [-0.2, -0.15) is 0 Å². The lowest BCUT2D eigenvalue weighted by molar-refractivity contribution is 0.140. The first kappa shape index (κ1) is 14.0. The zero-order chi connectivity index (χ0) is 14.8. The van der Waals surface area contributed by atoms with Crippen molar-refractivity contribution in [2.75, 3.05) is 38.3 Å². The third-order valence-electron chi connectivity index (χ3n) is 3.97. The smallest absolute Gasteiger partial charge is 0.318 e. The largest absolute Gasteiger partial charge is 0.383 e. The quantitative estimate of drug-likeness (QED) is 0.861. The van der Waals surface area contributed by atoms with Crippen LogP contribution in [-0.4, -0.2) is 66.3 Å². The van der Waals surface area contributed by atoms with Crippen LogP contribution in [-0.2, 0) is 4.74 Å². The molecule has 2 atom stereocenters. The van der Waals surface area contributed by atoms with Crippen LogP contribution >= 0.6 is 0 Å². The fraction of sp³-hybridized carbons (Fsp3) is 0.615. The van der Waals surface area contributed by atoms with Gasteiger partial charge in [-0.05, 0) is 6.42 Å². The summed E-state index contributed by atoms with van der Waals surface area (Å²) in [5, 5.41) is 2.99. The molecule has 7 nitrogen and oxygen atoms in total. The summed E-state index contributed by atoms with van der Waals surface area (Å²) in [5.74, 6) is 0.0491. The first-order valence-corrected chi connectivity index (χ1v) is 6.97. The van der Waals surface area contributed by atoms with Crippen LogP contribution in [0.25, 0.3) is 0 Å². The molecule has 8 heteroatoms. The van der Waals surface area contributed by atoms with E-state index in [1.807, 2.05) is 9.80 Å². The highest BCUT2D eigenvalue weighted by atomic mass is 19.1. The lowest BCUT2D eigenvalue weighted by Crippen LogP contribution is -2.52. The van der Waals surface area contributed by atoms with Crippen molar-refractivity contribution >= 4 is 12.0 Å². The Balaban J connectivity index is 1.67. The van der Waals surface area contributed by atoms with Gasteiger partial charge in [0.05, 0.1) is 31.1 Å². The van der Waals surface area contributed by atoms with Crippen molar-refractivity contribution in [2.24, 2.45) is 0 Å². The number of amides is 2. The van der Waals surface area contributed by atoms with E-state index in [0.29, 0.717) is 25.6 Å². The molecule has 2 saturated heterocycles. The second-order valence-corrected chi connectivity index (χ2v) is 5.25. The maximum atomic E-state index is 12.9. The minimum atomic E-state index is -0.450. The Morgan fingerprint density at radius 3 is 2.95 bits per heavy atom.